The Labute approximate surface area is 171 Å². The summed E-state index contributed by atoms with van der Waals surface area (Å²) in [5.74, 6) is 2.69. The molecule has 2 nitrogen and oxygen atoms in total. The van der Waals surface area contributed by atoms with Crippen molar-refractivity contribution in [2.75, 3.05) is 0 Å². The fraction of sp³-hybridized carbons (Fsp3) is 0.296. The molecule has 144 valence electrons. The predicted molar refractivity (Wildman–Crippen MR) is 119 cm³/mol. The number of aryl methyl sites for hydroxylation is 2. The van der Waals surface area contributed by atoms with Crippen LogP contribution in [0, 0.1) is 13.8 Å². The average Bonchev–Trinajstić information content (AvgIpc) is 3.26. The smallest absolute Gasteiger partial charge is 0.228 e. The maximum absolute atomic E-state index is 6.62. The highest BCUT2D eigenvalue weighted by Crippen LogP contribution is 2.50. The van der Waals surface area contributed by atoms with E-state index in [-0.39, 0.29) is 0 Å². The fourth-order valence-corrected chi connectivity index (χ4v) is 5.55. The molecule has 0 saturated heterocycles. The van der Waals surface area contributed by atoms with Gasteiger partial charge in [0.2, 0.25) is 5.69 Å². The van der Waals surface area contributed by atoms with Crippen molar-refractivity contribution >= 4 is 21.5 Å². The van der Waals surface area contributed by atoms with Crippen molar-refractivity contribution in [3.63, 3.8) is 0 Å². The van der Waals surface area contributed by atoms with Crippen LogP contribution in [0.2, 0.25) is 0 Å². The SMILES string of the molecule is Cc1c2c(cc3ccccc13)Oc1cc(C3CCCC3)cc3cc(C)[n+](C)c-2c13. The quantitative estimate of drug-likeness (QED) is 0.289. The second-order valence-electron chi connectivity index (χ2n) is 8.86. The maximum atomic E-state index is 6.62. The lowest BCUT2D eigenvalue weighted by Gasteiger charge is -2.24. The molecule has 1 aliphatic carbocycles. The van der Waals surface area contributed by atoms with Crippen molar-refractivity contribution in [2.24, 2.45) is 7.05 Å². The van der Waals surface area contributed by atoms with Gasteiger partial charge in [0.05, 0.1) is 10.9 Å². The second-order valence-corrected chi connectivity index (χ2v) is 8.86. The number of rotatable bonds is 1. The minimum absolute atomic E-state index is 0.677. The van der Waals surface area contributed by atoms with E-state index in [9.17, 15) is 0 Å². The minimum Gasteiger partial charge on any atom is -0.456 e. The maximum Gasteiger partial charge on any atom is 0.228 e. The van der Waals surface area contributed by atoms with Gasteiger partial charge in [-0.05, 0) is 65.1 Å². The van der Waals surface area contributed by atoms with Crippen molar-refractivity contribution in [3.05, 3.63) is 65.4 Å². The second kappa shape index (κ2) is 6.06. The van der Waals surface area contributed by atoms with Crippen LogP contribution in [0.3, 0.4) is 0 Å². The molecule has 0 amide bonds. The normalized spacial score (nSPS) is 15.7. The van der Waals surface area contributed by atoms with Crippen LogP contribution < -0.4 is 9.30 Å². The molecule has 29 heavy (non-hydrogen) atoms. The number of hydrogen-bond acceptors (Lipinski definition) is 1. The third-order valence-corrected chi connectivity index (χ3v) is 7.18. The summed E-state index contributed by atoms with van der Waals surface area (Å²) in [6.07, 6.45) is 5.30. The minimum atomic E-state index is 0.677. The van der Waals surface area contributed by atoms with Crippen LogP contribution in [0.5, 0.6) is 11.5 Å². The van der Waals surface area contributed by atoms with Crippen molar-refractivity contribution in [1.82, 2.24) is 0 Å². The molecule has 2 heteroatoms. The Kier molecular flexibility index (Phi) is 3.56. The van der Waals surface area contributed by atoms with E-state index in [0.29, 0.717) is 5.92 Å². The van der Waals surface area contributed by atoms with Gasteiger partial charge in [-0.25, -0.2) is 0 Å². The Morgan fingerprint density at radius 1 is 0.897 bits per heavy atom. The van der Waals surface area contributed by atoms with E-state index in [0.717, 1.165) is 11.5 Å². The van der Waals surface area contributed by atoms with Crippen LogP contribution in [-0.2, 0) is 7.05 Å². The zero-order valence-corrected chi connectivity index (χ0v) is 17.4. The number of ether oxygens (including phenoxy) is 1. The van der Waals surface area contributed by atoms with Gasteiger partial charge in [0, 0.05) is 13.0 Å². The fourth-order valence-electron chi connectivity index (χ4n) is 5.55. The summed E-state index contributed by atoms with van der Waals surface area (Å²) in [7, 11) is 2.18. The van der Waals surface area contributed by atoms with Crippen molar-refractivity contribution in [1.29, 1.82) is 0 Å². The van der Waals surface area contributed by atoms with Gasteiger partial charge in [-0.3, -0.25) is 0 Å². The number of aromatic nitrogens is 1. The summed E-state index contributed by atoms with van der Waals surface area (Å²) in [4.78, 5) is 0. The van der Waals surface area contributed by atoms with Crippen molar-refractivity contribution in [2.45, 2.75) is 45.4 Å². The molecule has 2 heterocycles. The largest absolute Gasteiger partial charge is 0.456 e. The first-order valence-corrected chi connectivity index (χ1v) is 10.8. The Hall–Kier alpha value is -2.87. The first-order chi connectivity index (χ1) is 14.1. The number of fused-ring (bicyclic) bond motifs is 3. The Balaban J connectivity index is 1.72. The van der Waals surface area contributed by atoms with E-state index in [2.05, 4.69) is 74.0 Å². The molecule has 1 fully saturated rings. The van der Waals surface area contributed by atoms with Gasteiger partial charge in [-0.1, -0.05) is 43.2 Å². The van der Waals surface area contributed by atoms with Gasteiger partial charge < -0.3 is 4.74 Å². The van der Waals surface area contributed by atoms with Gasteiger partial charge in [0.25, 0.3) is 0 Å². The lowest BCUT2D eigenvalue weighted by atomic mass is 9.89. The van der Waals surface area contributed by atoms with Crippen LogP contribution in [0.15, 0.2) is 48.5 Å². The zero-order chi connectivity index (χ0) is 19.7. The number of hydrogen-bond donors (Lipinski definition) is 0. The van der Waals surface area contributed by atoms with Crippen molar-refractivity contribution in [3.8, 4) is 22.8 Å². The van der Waals surface area contributed by atoms with E-state index in [4.69, 9.17) is 4.74 Å². The molecule has 4 aromatic rings. The molecular formula is C27H26NO+. The Morgan fingerprint density at radius 3 is 2.52 bits per heavy atom. The van der Waals surface area contributed by atoms with Gasteiger partial charge in [-0.15, -0.1) is 0 Å². The summed E-state index contributed by atoms with van der Waals surface area (Å²) >= 11 is 0. The van der Waals surface area contributed by atoms with Gasteiger partial charge in [-0.2, -0.15) is 4.57 Å². The lowest BCUT2D eigenvalue weighted by Crippen LogP contribution is -2.35. The number of pyridine rings is 1. The molecule has 0 N–H and O–H groups in total. The molecular weight excluding hydrogens is 354 g/mol. The molecule has 6 rings (SSSR count). The zero-order valence-electron chi connectivity index (χ0n) is 17.4. The van der Waals surface area contributed by atoms with E-state index in [1.807, 2.05) is 0 Å². The van der Waals surface area contributed by atoms with Gasteiger partial charge in [0.15, 0.2) is 5.69 Å². The Bertz CT molecular complexity index is 1310. The first kappa shape index (κ1) is 17.0. The topological polar surface area (TPSA) is 13.1 Å². The average molecular weight is 381 g/mol. The van der Waals surface area contributed by atoms with Crippen LogP contribution in [0.4, 0.5) is 0 Å². The van der Waals surface area contributed by atoms with Crippen LogP contribution >= 0.6 is 0 Å². The third-order valence-electron chi connectivity index (χ3n) is 7.18. The molecule has 0 unspecified atom stereocenters. The summed E-state index contributed by atoms with van der Waals surface area (Å²) in [5.41, 5.74) is 6.55. The highest BCUT2D eigenvalue weighted by Gasteiger charge is 2.32. The standard InChI is InChI=1S/C27H26NO/c1-16-12-21-13-20(18-8-4-5-9-18)15-24-26(21)27(28(16)3)25-17(2)22-11-7-6-10-19(22)14-23(25)29-24/h6-7,10-15,18H,4-5,8-9H2,1-3H3/q+1. The summed E-state index contributed by atoms with van der Waals surface area (Å²) in [5, 5.41) is 5.11. The molecule has 1 saturated carbocycles. The molecule has 1 aliphatic heterocycles. The Morgan fingerprint density at radius 2 is 1.69 bits per heavy atom. The van der Waals surface area contributed by atoms with E-state index in [1.165, 1.54) is 75.3 Å². The highest BCUT2D eigenvalue weighted by molar-refractivity contribution is 6.05. The number of nitrogens with zero attached hydrogens (tertiary/aromatic N) is 1. The van der Waals surface area contributed by atoms with E-state index in [1.54, 1.807) is 0 Å². The molecule has 0 atom stereocenters. The first-order valence-electron chi connectivity index (χ1n) is 10.8. The monoisotopic (exact) mass is 380 g/mol. The molecule has 3 aromatic carbocycles. The molecule has 1 aromatic heterocycles. The predicted octanol–water partition coefficient (Wildman–Crippen LogP) is 6.86. The summed E-state index contributed by atoms with van der Waals surface area (Å²) < 4.78 is 8.96. The lowest BCUT2D eigenvalue weighted by molar-refractivity contribution is -0.665. The summed E-state index contributed by atoms with van der Waals surface area (Å²) in [6, 6.07) is 17.9. The van der Waals surface area contributed by atoms with Crippen molar-refractivity contribution < 1.29 is 9.30 Å². The number of benzene rings is 3. The molecule has 0 radical (unpaired) electrons. The van der Waals surface area contributed by atoms with Crippen LogP contribution in [0.25, 0.3) is 32.8 Å². The van der Waals surface area contributed by atoms with E-state index < -0.39 is 0 Å². The van der Waals surface area contributed by atoms with Crippen LogP contribution in [-0.4, -0.2) is 0 Å². The molecule has 0 bridgehead atoms. The molecule has 0 spiro atoms. The molecule has 2 aliphatic rings. The third kappa shape index (κ3) is 2.38. The van der Waals surface area contributed by atoms with Gasteiger partial charge >= 0.3 is 0 Å². The van der Waals surface area contributed by atoms with Gasteiger partial charge in [0.1, 0.15) is 18.5 Å². The van der Waals surface area contributed by atoms with E-state index >= 15 is 0 Å². The highest BCUT2D eigenvalue weighted by atomic mass is 16.5. The summed E-state index contributed by atoms with van der Waals surface area (Å²) in [6.45, 7) is 4.44. The van der Waals surface area contributed by atoms with Crippen LogP contribution in [0.1, 0.15) is 48.4 Å².